The van der Waals surface area contributed by atoms with Crippen molar-refractivity contribution in [2.75, 3.05) is 0 Å². The summed E-state index contributed by atoms with van der Waals surface area (Å²) in [5.74, 6) is -1.95. The van der Waals surface area contributed by atoms with E-state index in [1.54, 1.807) is 6.08 Å². The average Bonchev–Trinajstić information content (AvgIpc) is 2.01. The predicted molar refractivity (Wildman–Crippen MR) is 49.9 cm³/mol. The second-order valence-electron chi connectivity index (χ2n) is 3.54. The highest BCUT2D eigenvalue weighted by atomic mass is 16.4. The normalized spacial score (nSPS) is 23.1. The van der Waals surface area contributed by atoms with E-state index in [1.165, 1.54) is 0 Å². The fourth-order valence-corrected chi connectivity index (χ4v) is 1.69. The van der Waals surface area contributed by atoms with Crippen molar-refractivity contribution in [3.05, 3.63) is 11.6 Å². The van der Waals surface area contributed by atoms with Crippen molar-refractivity contribution in [3.8, 4) is 0 Å². The highest BCUT2D eigenvalue weighted by Gasteiger charge is 2.19. The molecular formula is C10H14O4. The van der Waals surface area contributed by atoms with Crippen LogP contribution in [-0.2, 0) is 9.59 Å². The summed E-state index contributed by atoms with van der Waals surface area (Å²) in [5, 5.41) is 17.5. The SMILES string of the molecule is O=C(O)C1=CCCC(C(=O)O)CCC1. The summed E-state index contributed by atoms with van der Waals surface area (Å²) in [5.41, 5.74) is 0.425. The quantitative estimate of drug-likeness (QED) is 0.707. The van der Waals surface area contributed by atoms with Crippen LogP contribution < -0.4 is 0 Å². The first-order valence-corrected chi connectivity index (χ1v) is 4.76. The van der Waals surface area contributed by atoms with Gasteiger partial charge in [-0.25, -0.2) is 4.79 Å². The van der Waals surface area contributed by atoms with Gasteiger partial charge in [-0.15, -0.1) is 0 Å². The Kier molecular flexibility index (Phi) is 3.68. The molecule has 0 aromatic rings. The van der Waals surface area contributed by atoms with E-state index in [-0.39, 0.29) is 5.92 Å². The molecule has 0 bridgehead atoms. The number of hydrogen-bond donors (Lipinski definition) is 2. The number of carboxylic acid groups (broad SMARTS) is 2. The Labute approximate surface area is 82.2 Å². The summed E-state index contributed by atoms with van der Waals surface area (Å²) in [6, 6.07) is 0. The Bertz CT molecular complexity index is 267. The van der Waals surface area contributed by atoms with Crippen molar-refractivity contribution in [1.29, 1.82) is 0 Å². The first-order chi connectivity index (χ1) is 6.61. The molecule has 0 aromatic carbocycles. The Morgan fingerprint density at radius 2 is 2.00 bits per heavy atom. The number of rotatable bonds is 2. The van der Waals surface area contributed by atoms with Crippen LogP contribution in [0.15, 0.2) is 11.6 Å². The zero-order valence-electron chi connectivity index (χ0n) is 7.90. The molecule has 1 unspecified atom stereocenters. The molecule has 14 heavy (non-hydrogen) atoms. The predicted octanol–water partition coefficient (Wildman–Crippen LogP) is 1.66. The molecule has 1 aliphatic rings. The van der Waals surface area contributed by atoms with E-state index in [1.807, 2.05) is 0 Å². The van der Waals surface area contributed by atoms with Gasteiger partial charge in [-0.05, 0) is 32.1 Å². The number of carboxylic acids is 2. The molecule has 0 amide bonds. The lowest BCUT2D eigenvalue weighted by molar-refractivity contribution is -0.142. The first-order valence-electron chi connectivity index (χ1n) is 4.76. The fourth-order valence-electron chi connectivity index (χ4n) is 1.69. The summed E-state index contributed by atoms with van der Waals surface area (Å²) >= 11 is 0. The maximum atomic E-state index is 10.7. The molecule has 0 saturated carbocycles. The monoisotopic (exact) mass is 198 g/mol. The third-order valence-corrected chi connectivity index (χ3v) is 2.53. The van der Waals surface area contributed by atoms with E-state index >= 15 is 0 Å². The molecular weight excluding hydrogens is 184 g/mol. The van der Waals surface area contributed by atoms with Crippen LogP contribution in [0.25, 0.3) is 0 Å². The smallest absolute Gasteiger partial charge is 0.331 e. The molecule has 0 heterocycles. The van der Waals surface area contributed by atoms with E-state index in [0.29, 0.717) is 37.7 Å². The minimum absolute atomic E-state index is 0.304. The second kappa shape index (κ2) is 4.79. The van der Waals surface area contributed by atoms with Gasteiger partial charge in [0.25, 0.3) is 0 Å². The lowest BCUT2D eigenvalue weighted by Gasteiger charge is -2.14. The van der Waals surface area contributed by atoms with Gasteiger partial charge in [-0.3, -0.25) is 4.79 Å². The molecule has 0 spiro atoms. The summed E-state index contributed by atoms with van der Waals surface area (Å²) < 4.78 is 0. The Morgan fingerprint density at radius 3 is 2.57 bits per heavy atom. The minimum atomic E-state index is -0.876. The van der Waals surface area contributed by atoms with E-state index in [0.717, 1.165) is 0 Å². The van der Waals surface area contributed by atoms with Crippen LogP contribution in [0.4, 0.5) is 0 Å². The second-order valence-corrected chi connectivity index (χ2v) is 3.54. The topological polar surface area (TPSA) is 74.6 Å². The molecule has 0 aliphatic heterocycles. The van der Waals surface area contributed by atoms with Crippen LogP contribution in [0, 0.1) is 5.92 Å². The largest absolute Gasteiger partial charge is 0.481 e. The zero-order valence-corrected chi connectivity index (χ0v) is 7.90. The number of carbonyl (C=O) groups is 2. The number of allylic oxidation sites excluding steroid dienone is 1. The lowest BCUT2D eigenvalue weighted by Crippen LogP contribution is -2.15. The highest BCUT2D eigenvalue weighted by Crippen LogP contribution is 2.22. The van der Waals surface area contributed by atoms with Gasteiger partial charge in [-0.2, -0.15) is 0 Å². The minimum Gasteiger partial charge on any atom is -0.481 e. The molecule has 1 atom stereocenters. The van der Waals surface area contributed by atoms with Gasteiger partial charge >= 0.3 is 11.9 Å². The van der Waals surface area contributed by atoms with Crippen LogP contribution in [-0.4, -0.2) is 22.2 Å². The van der Waals surface area contributed by atoms with Crippen molar-refractivity contribution in [1.82, 2.24) is 0 Å². The molecule has 4 nitrogen and oxygen atoms in total. The van der Waals surface area contributed by atoms with Crippen molar-refractivity contribution >= 4 is 11.9 Å². The summed E-state index contributed by atoms with van der Waals surface area (Å²) in [6.07, 6.45) is 4.47. The van der Waals surface area contributed by atoms with E-state index in [2.05, 4.69) is 0 Å². The third-order valence-electron chi connectivity index (χ3n) is 2.53. The van der Waals surface area contributed by atoms with Gasteiger partial charge < -0.3 is 10.2 Å². The van der Waals surface area contributed by atoms with Crippen LogP contribution >= 0.6 is 0 Å². The van der Waals surface area contributed by atoms with Crippen LogP contribution in [0.3, 0.4) is 0 Å². The Balaban J connectivity index is 2.58. The summed E-state index contributed by atoms with van der Waals surface area (Å²) in [6.45, 7) is 0. The van der Waals surface area contributed by atoms with Crippen LogP contribution in [0.2, 0.25) is 0 Å². The van der Waals surface area contributed by atoms with Crippen molar-refractivity contribution < 1.29 is 19.8 Å². The summed E-state index contributed by atoms with van der Waals surface area (Å²) in [7, 11) is 0. The summed E-state index contributed by atoms with van der Waals surface area (Å²) in [4.78, 5) is 21.3. The van der Waals surface area contributed by atoms with Gasteiger partial charge in [0.05, 0.1) is 5.92 Å². The zero-order chi connectivity index (χ0) is 10.6. The molecule has 1 rings (SSSR count). The maximum absolute atomic E-state index is 10.7. The molecule has 4 heteroatoms. The molecule has 1 aliphatic carbocycles. The average molecular weight is 198 g/mol. The Morgan fingerprint density at radius 1 is 1.29 bits per heavy atom. The third kappa shape index (κ3) is 2.87. The highest BCUT2D eigenvalue weighted by molar-refractivity contribution is 5.86. The molecule has 2 N–H and O–H groups in total. The van der Waals surface area contributed by atoms with Crippen LogP contribution in [0.5, 0.6) is 0 Å². The lowest BCUT2D eigenvalue weighted by atomic mass is 9.91. The van der Waals surface area contributed by atoms with Gasteiger partial charge in [0.15, 0.2) is 0 Å². The molecule has 0 saturated heterocycles. The van der Waals surface area contributed by atoms with Crippen molar-refractivity contribution in [2.45, 2.75) is 32.1 Å². The molecule has 0 radical (unpaired) electrons. The van der Waals surface area contributed by atoms with Gasteiger partial charge in [0.2, 0.25) is 0 Å². The van der Waals surface area contributed by atoms with E-state index in [4.69, 9.17) is 10.2 Å². The molecule has 78 valence electrons. The Hall–Kier alpha value is -1.32. The first kappa shape index (κ1) is 10.8. The van der Waals surface area contributed by atoms with E-state index < -0.39 is 11.9 Å². The van der Waals surface area contributed by atoms with Crippen LogP contribution in [0.1, 0.15) is 32.1 Å². The standard InChI is InChI=1S/C10H14O4/c11-9(12)7-3-1-4-8(10(13)14)6-2-5-7/h3,8H,1-2,4-6H2,(H,11,12)(H,13,14). The number of aliphatic carboxylic acids is 2. The van der Waals surface area contributed by atoms with Gasteiger partial charge in [0, 0.05) is 5.57 Å². The maximum Gasteiger partial charge on any atom is 0.331 e. The van der Waals surface area contributed by atoms with Gasteiger partial charge in [-0.1, -0.05) is 6.08 Å². The van der Waals surface area contributed by atoms with Gasteiger partial charge in [0.1, 0.15) is 0 Å². The molecule has 0 fully saturated rings. The fraction of sp³-hybridized carbons (Fsp3) is 0.600. The number of hydrogen-bond acceptors (Lipinski definition) is 2. The molecule has 0 aromatic heterocycles. The van der Waals surface area contributed by atoms with Crippen molar-refractivity contribution in [2.24, 2.45) is 5.92 Å². The van der Waals surface area contributed by atoms with Crippen molar-refractivity contribution in [3.63, 3.8) is 0 Å². The van der Waals surface area contributed by atoms with E-state index in [9.17, 15) is 9.59 Å².